The Balaban J connectivity index is 1.10. The molecular formula is C34H39ClN8O6. The Bertz CT molecular complexity index is 1770. The van der Waals surface area contributed by atoms with Crippen molar-refractivity contribution in [3.63, 3.8) is 0 Å². The van der Waals surface area contributed by atoms with E-state index in [0.717, 1.165) is 5.52 Å². The molecule has 1 atom stereocenters. The molecule has 4 amide bonds. The van der Waals surface area contributed by atoms with Crippen LogP contribution < -0.4 is 25.6 Å². The van der Waals surface area contributed by atoms with Crippen molar-refractivity contribution in [2.75, 3.05) is 50.8 Å². The molecule has 0 radical (unpaired) electrons. The van der Waals surface area contributed by atoms with E-state index in [0.29, 0.717) is 85.5 Å². The second kappa shape index (κ2) is 15.9. The van der Waals surface area contributed by atoms with Gasteiger partial charge in [0.25, 0.3) is 11.9 Å². The van der Waals surface area contributed by atoms with Crippen molar-refractivity contribution in [1.82, 2.24) is 35.8 Å². The number of benzene rings is 2. The zero-order valence-corrected chi connectivity index (χ0v) is 27.7. The van der Waals surface area contributed by atoms with Gasteiger partial charge in [-0.15, -0.1) is 0 Å². The van der Waals surface area contributed by atoms with Gasteiger partial charge in [0.1, 0.15) is 23.9 Å². The summed E-state index contributed by atoms with van der Waals surface area (Å²) < 4.78 is 11.7. The maximum atomic E-state index is 13.8. The van der Waals surface area contributed by atoms with Crippen molar-refractivity contribution in [3.8, 4) is 5.75 Å². The number of anilines is 1. The van der Waals surface area contributed by atoms with Gasteiger partial charge in [-0.1, -0.05) is 17.7 Å². The van der Waals surface area contributed by atoms with Gasteiger partial charge in [-0.25, -0.2) is 4.98 Å². The Morgan fingerprint density at radius 2 is 1.86 bits per heavy atom. The van der Waals surface area contributed by atoms with Crippen molar-refractivity contribution in [3.05, 3.63) is 71.3 Å². The van der Waals surface area contributed by atoms with E-state index in [1.807, 2.05) is 11.0 Å². The number of hydrogen-bond acceptors (Lipinski definition) is 9. The van der Waals surface area contributed by atoms with E-state index in [2.05, 4.69) is 30.9 Å². The Morgan fingerprint density at radius 1 is 1.00 bits per heavy atom. The first-order valence-electron chi connectivity index (χ1n) is 16.5. The van der Waals surface area contributed by atoms with E-state index in [9.17, 15) is 19.2 Å². The van der Waals surface area contributed by atoms with E-state index in [1.54, 1.807) is 47.5 Å². The first kappa shape index (κ1) is 33.8. The maximum Gasteiger partial charge on any atom is 0.298 e. The molecular weight excluding hydrogens is 652 g/mol. The van der Waals surface area contributed by atoms with Gasteiger partial charge >= 0.3 is 0 Å². The van der Waals surface area contributed by atoms with Crippen LogP contribution in [0.25, 0.3) is 11.1 Å². The number of carbonyl (C=O) groups excluding carboxylic acids is 4. The van der Waals surface area contributed by atoms with Gasteiger partial charge < -0.3 is 39.9 Å². The van der Waals surface area contributed by atoms with Crippen LogP contribution in [0.1, 0.15) is 41.7 Å². The van der Waals surface area contributed by atoms with Crippen LogP contribution in [0.15, 0.2) is 59.4 Å². The van der Waals surface area contributed by atoms with Crippen molar-refractivity contribution >= 4 is 52.3 Å². The Hall–Kier alpha value is -5.11. The van der Waals surface area contributed by atoms with E-state index in [1.165, 1.54) is 6.33 Å². The summed E-state index contributed by atoms with van der Waals surface area (Å²) in [6.07, 6.45) is 5.66. The lowest BCUT2D eigenvalue weighted by Gasteiger charge is -2.33. The zero-order valence-electron chi connectivity index (χ0n) is 27.0. The second-order valence-corrected chi connectivity index (χ2v) is 12.6. The topological polar surface area (TPSA) is 175 Å². The SMILES string of the molecule is O=C1CN(C(=O)C2CCN(c3nc4ccc(Cl)cc4o3)CC2)CCCCNC(=O)[C@H](Cc2cnc[nH]2)NC(=O)c2cccc(c2)OCCN1. The molecule has 49 heavy (non-hydrogen) atoms. The number of hydrogen-bond donors (Lipinski definition) is 4. The molecule has 0 aliphatic carbocycles. The number of piperidine rings is 1. The molecule has 2 aromatic heterocycles. The number of imidazole rings is 1. The highest BCUT2D eigenvalue weighted by atomic mass is 35.5. The van der Waals surface area contributed by atoms with Crippen molar-refractivity contribution in [1.29, 1.82) is 0 Å². The van der Waals surface area contributed by atoms with Crippen LogP contribution in [0.5, 0.6) is 5.75 Å². The smallest absolute Gasteiger partial charge is 0.298 e. The highest BCUT2D eigenvalue weighted by molar-refractivity contribution is 6.31. The van der Waals surface area contributed by atoms with Crippen LogP contribution in [0.4, 0.5) is 6.01 Å². The van der Waals surface area contributed by atoms with Gasteiger partial charge in [0.05, 0.1) is 19.4 Å². The number of rotatable bonds is 4. The Morgan fingerprint density at radius 3 is 2.67 bits per heavy atom. The van der Waals surface area contributed by atoms with Gasteiger partial charge in [0.15, 0.2) is 5.58 Å². The number of amides is 4. The number of ether oxygens (including phenoxy) is 1. The number of carbonyl (C=O) groups is 4. The normalized spacial score (nSPS) is 19.2. The average molecular weight is 691 g/mol. The third-order valence-electron chi connectivity index (χ3n) is 8.64. The minimum Gasteiger partial charge on any atom is -0.492 e. The van der Waals surface area contributed by atoms with Crippen LogP contribution in [0, 0.1) is 5.92 Å². The molecule has 2 aromatic carbocycles. The number of aromatic nitrogens is 3. The minimum atomic E-state index is -0.849. The number of halogens is 1. The Kier molecular flexibility index (Phi) is 10.9. The average Bonchev–Trinajstić information content (AvgIpc) is 3.78. The molecule has 4 heterocycles. The van der Waals surface area contributed by atoms with E-state index in [-0.39, 0.29) is 49.8 Å². The molecule has 6 rings (SSSR count). The summed E-state index contributed by atoms with van der Waals surface area (Å²) in [6, 6.07) is 11.6. The van der Waals surface area contributed by atoms with E-state index in [4.69, 9.17) is 20.8 Å². The quantitative estimate of drug-likeness (QED) is 0.251. The summed E-state index contributed by atoms with van der Waals surface area (Å²) in [5.74, 6) is -0.944. The predicted molar refractivity (Wildman–Crippen MR) is 181 cm³/mol. The van der Waals surface area contributed by atoms with Gasteiger partial charge in [-0.3, -0.25) is 19.2 Å². The lowest BCUT2D eigenvalue weighted by Crippen LogP contribution is -2.48. The summed E-state index contributed by atoms with van der Waals surface area (Å²) in [6.45, 7) is 2.14. The van der Waals surface area contributed by atoms with Crippen LogP contribution in [-0.4, -0.2) is 95.4 Å². The lowest BCUT2D eigenvalue weighted by atomic mass is 9.95. The molecule has 15 heteroatoms. The predicted octanol–water partition coefficient (Wildman–Crippen LogP) is 2.70. The maximum absolute atomic E-state index is 13.8. The molecule has 4 N–H and O–H groups in total. The summed E-state index contributed by atoms with van der Waals surface area (Å²) in [5, 5.41) is 9.15. The zero-order chi connectivity index (χ0) is 34.2. The van der Waals surface area contributed by atoms with Crippen LogP contribution in [0.2, 0.25) is 5.02 Å². The molecule has 0 saturated carbocycles. The molecule has 1 fully saturated rings. The number of nitrogens with one attached hydrogen (secondary N) is 4. The fourth-order valence-electron chi connectivity index (χ4n) is 6.01. The Labute approximate surface area is 287 Å². The third kappa shape index (κ3) is 8.87. The largest absolute Gasteiger partial charge is 0.492 e. The summed E-state index contributed by atoms with van der Waals surface area (Å²) >= 11 is 6.10. The van der Waals surface area contributed by atoms with Crippen molar-refractivity contribution in [2.45, 2.75) is 38.1 Å². The van der Waals surface area contributed by atoms with Crippen LogP contribution in [0.3, 0.4) is 0 Å². The monoisotopic (exact) mass is 690 g/mol. The molecule has 0 spiro atoms. The lowest BCUT2D eigenvalue weighted by molar-refractivity contribution is -0.140. The highest BCUT2D eigenvalue weighted by Crippen LogP contribution is 2.28. The van der Waals surface area contributed by atoms with Gasteiger partial charge in [-0.05, 0) is 56.0 Å². The van der Waals surface area contributed by atoms with Crippen LogP contribution >= 0.6 is 11.6 Å². The molecule has 2 aliphatic heterocycles. The fraction of sp³-hybridized carbons (Fsp3) is 0.412. The number of H-pyrrole nitrogens is 1. The van der Waals surface area contributed by atoms with Crippen molar-refractivity contribution in [2.24, 2.45) is 5.92 Å². The summed E-state index contributed by atoms with van der Waals surface area (Å²) in [7, 11) is 0. The second-order valence-electron chi connectivity index (χ2n) is 12.2. The molecule has 2 aliphatic rings. The van der Waals surface area contributed by atoms with E-state index >= 15 is 0 Å². The molecule has 14 nitrogen and oxygen atoms in total. The molecule has 2 bridgehead atoms. The van der Waals surface area contributed by atoms with Crippen LogP contribution in [-0.2, 0) is 20.8 Å². The number of fused-ring (bicyclic) bond motifs is 3. The minimum absolute atomic E-state index is 0.0792. The summed E-state index contributed by atoms with van der Waals surface area (Å²) in [5.41, 5.74) is 2.36. The third-order valence-corrected chi connectivity index (χ3v) is 8.88. The van der Waals surface area contributed by atoms with Gasteiger partial charge in [-0.2, -0.15) is 4.98 Å². The first-order valence-corrected chi connectivity index (χ1v) is 16.9. The van der Waals surface area contributed by atoms with Crippen molar-refractivity contribution < 1.29 is 28.3 Å². The molecule has 4 aromatic rings. The number of oxazole rings is 1. The van der Waals surface area contributed by atoms with E-state index < -0.39 is 11.9 Å². The molecule has 1 saturated heterocycles. The summed E-state index contributed by atoms with van der Waals surface area (Å²) in [4.78, 5) is 68.3. The fourth-order valence-corrected chi connectivity index (χ4v) is 6.17. The number of aromatic amines is 1. The molecule has 0 unspecified atom stereocenters. The number of nitrogens with zero attached hydrogens (tertiary/aromatic N) is 4. The van der Waals surface area contributed by atoms with Gasteiger partial charge in [0, 0.05) is 67.1 Å². The van der Waals surface area contributed by atoms with Gasteiger partial charge in [0.2, 0.25) is 17.7 Å². The standard InChI is InChI=1S/C34H39ClN8O6/c35-24-6-7-27-29(17-24)49-34(41-27)42-13-8-22(9-14-42)33(47)43-12-2-1-10-38-32(46)28(18-25-19-36-21-39-25)40-31(45)23-4-3-5-26(16-23)48-15-11-37-30(44)20-43/h3-7,16-17,19,21-22,28H,1-2,8-15,18,20H2,(H,36,39)(H,37,44)(H,38,46)(H,40,45)/t28-/m0/s1. The highest BCUT2D eigenvalue weighted by Gasteiger charge is 2.31. The molecule has 258 valence electrons. The first-order chi connectivity index (χ1) is 23.8.